The summed E-state index contributed by atoms with van der Waals surface area (Å²) in [6.07, 6.45) is 0. The zero-order valence-electron chi connectivity index (χ0n) is 10.5. The van der Waals surface area contributed by atoms with Gasteiger partial charge < -0.3 is 23.9 Å². The second-order valence-corrected chi connectivity index (χ2v) is 3.61. The number of carboxylic acids is 1. The molecule has 9 heteroatoms. The Morgan fingerprint density at radius 3 is 2.11 bits per heavy atom. The van der Waals surface area contributed by atoms with Crippen molar-refractivity contribution in [2.24, 2.45) is 0 Å². The molecular formula is C9H8Na2O6S. The van der Waals surface area contributed by atoms with Gasteiger partial charge in [-0.3, -0.25) is 4.21 Å². The summed E-state index contributed by atoms with van der Waals surface area (Å²) in [5.41, 5.74) is -0.424. The molecule has 18 heavy (non-hydrogen) atoms. The van der Waals surface area contributed by atoms with Crippen LogP contribution in [0, 0.1) is 0 Å². The summed E-state index contributed by atoms with van der Waals surface area (Å²) in [5, 5.41) is 10.9. The molecule has 0 aliphatic heterocycles. The van der Waals surface area contributed by atoms with Gasteiger partial charge in [-0.25, -0.2) is 0 Å². The zero-order valence-corrected chi connectivity index (χ0v) is 15.3. The normalized spacial score (nSPS) is 10.6. The van der Waals surface area contributed by atoms with E-state index in [4.69, 9.17) is 9.47 Å². The van der Waals surface area contributed by atoms with Crippen LogP contribution in [0.1, 0.15) is 10.4 Å². The maximum Gasteiger partial charge on any atom is 1.00 e. The first-order valence-electron chi connectivity index (χ1n) is 4.08. The summed E-state index contributed by atoms with van der Waals surface area (Å²) < 4.78 is 31.2. The largest absolute Gasteiger partial charge is 1.00 e. The van der Waals surface area contributed by atoms with Gasteiger partial charge in [0.2, 0.25) is 0 Å². The fraction of sp³-hybridized carbons (Fsp3) is 0.222. The maximum atomic E-state index is 10.9. The van der Waals surface area contributed by atoms with Crippen molar-refractivity contribution in [2.75, 3.05) is 14.2 Å². The van der Waals surface area contributed by atoms with Crippen molar-refractivity contribution in [3.05, 3.63) is 17.7 Å². The average molecular weight is 290 g/mol. The number of carbonyl (C=O) groups is 1. The molecule has 0 bridgehead atoms. The summed E-state index contributed by atoms with van der Waals surface area (Å²) in [7, 11) is 2.42. The quantitative estimate of drug-likeness (QED) is 0.404. The molecule has 0 heterocycles. The molecular weight excluding hydrogens is 282 g/mol. The standard InChI is InChI=1S/C9H10O6S.2Na/c1-14-5-3-4-6(16(12)13)8(15-2)7(5)9(10)11;;/h3-4H,1-2H3,(H,10,11)(H,12,13);;/q;2*+1/p-2. The van der Waals surface area contributed by atoms with E-state index >= 15 is 0 Å². The molecule has 0 saturated carbocycles. The van der Waals surface area contributed by atoms with Crippen LogP contribution < -0.4 is 73.7 Å². The van der Waals surface area contributed by atoms with Crippen LogP contribution >= 0.6 is 0 Å². The summed E-state index contributed by atoms with van der Waals surface area (Å²) in [4.78, 5) is 10.6. The van der Waals surface area contributed by atoms with Gasteiger partial charge >= 0.3 is 59.1 Å². The minimum Gasteiger partial charge on any atom is -0.768 e. The van der Waals surface area contributed by atoms with E-state index in [2.05, 4.69) is 0 Å². The number of carboxylic acid groups (broad SMARTS) is 1. The second kappa shape index (κ2) is 9.33. The molecule has 6 nitrogen and oxygen atoms in total. The molecule has 0 radical (unpaired) electrons. The minimum absolute atomic E-state index is 0. The number of hydrogen-bond donors (Lipinski definition) is 0. The van der Waals surface area contributed by atoms with Crippen LogP contribution in [-0.2, 0) is 11.1 Å². The Labute approximate surface area is 151 Å². The van der Waals surface area contributed by atoms with Gasteiger partial charge in [0.1, 0.15) is 11.5 Å². The van der Waals surface area contributed by atoms with E-state index in [1.54, 1.807) is 0 Å². The second-order valence-electron chi connectivity index (χ2n) is 2.70. The Hall–Kier alpha value is 0.400. The Bertz CT molecular complexity index is 451. The summed E-state index contributed by atoms with van der Waals surface area (Å²) in [6.45, 7) is 0. The van der Waals surface area contributed by atoms with Crippen LogP contribution in [0.4, 0.5) is 0 Å². The Morgan fingerprint density at radius 2 is 1.78 bits per heavy atom. The van der Waals surface area contributed by atoms with Gasteiger partial charge in [-0.1, -0.05) is 0 Å². The molecule has 0 fully saturated rings. The molecule has 1 rings (SSSR count). The fourth-order valence-electron chi connectivity index (χ4n) is 1.24. The molecule has 0 spiro atoms. The molecule has 88 valence electrons. The summed E-state index contributed by atoms with van der Waals surface area (Å²) in [6, 6.07) is 2.41. The zero-order chi connectivity index (χ0) is 12.3. The van der Waals surface area contributed by atoms with Crippen molar-refractivity contribution < 1.29 is 87.3 Å². The number of carbonyl (C=O) groups excluding carboxylic acids is 1. The molecule has 0 N–H and O–H groups in total. The number of ether oxygens (including phenoxy) is 2. The van der Waals surface area contributed by atoms with E-state index in [1.165, 1.54) is 19.2 Å². The Kier molecular flexibility index (Phi) is 10.7. The summed E-state index contributed by atoms with van der Waals surface area (Å²) >= 11 is -2.60. The van der Waals surface area contributed by atoms with E-state index in [0.717, 1.165) is 7.11 Å². The van der Waals surface area contributed by atoms with Crippen molar-refractivity contribution in [1.82, 2.24) is 0 Å². The fourth-order valence-corrected chi connectivity index (χ4v) is 1.76. The van der Waals surface area contributed by atoms with Gasteiger partial charge in [-0.05, 0) is 23.2 Å². The first-order valence-corrected chi connectivity index (χ1v) is 5.16. The van der Waals surface area contributed by atoms with Gasteiger partial charge in [-0.2, -0.15) is 0 Å². The van der Waals surface area contributed by atoms with Gasteiger partial charge in [0, 0.05) is 0 Å². The van der Waals surface area contributed by atoms with Crippen molar-refractivity contribution in [1.29, 1.82) is 0 Å². The molecule has 0 saturated heterocycles. The van der Waals surface area contributed by atoms with Crippen LogP contribution in [0.15, 0.2) is 17.0 Å². The van der Waals surface area contributed by atoms with Crippen LogP contribution in [0.2, 0.25) is 0 Å². The monoisotopic (exact) mass is 290 g/mol. The number of hydrogen-bond acceptors (Lipinski definition) is 6. The third-order valence-corrected chi connectivity index (χ3v) is 2.57. The SMILES string of the molecule is COc1ccc(S(=O)[O-])c(OC)c1C(=O)[O-].[Na+].[Na+]. The van der Waals surface area contributed by atoms with E-state index in [-0.39, 0.29) is 75.5 Å². The van der Waals surface area contributed by atoms with E-state index in [0.29, 0.717) is 0 Å². The van der Waals surface area contributed by atoms with Crippen LogP contribution in [-0.4, -0.2) is 29.0 Å². The summed E-state index contributed by atoms with van der Waals surface area (Å²) in [5.74, 6) is -1.89. The van der Waals surface area contributed by atoms with Crippen LogP contribution in [0.25, 0.3) is 0 Å². The third-order valence-electron chi connectivity index (χ3n) is 1.89. The Balaban J connectivity index is 0. The molecule has 0 aliphatic carbocycles. The molecule has 1 aromatic carbocycles. The topological polar surface area (TPSA) is 98.7 Å². The first kappa shape index (κ1) is 20.7. The molecule has 0 aliphatic rings. The molecule has 1 unspecified atom stereocenters. The van der Waals surface area contributed by atoms with E-state index in [9.17, 15) is 18.7 Å². The van der Waals surface area contributed by atoms with Gasteiger partial charge in [0.05, 0.1) is 30.6 Å². The molecule has 0 amide bonds. The van der Waals surface area contributed by atoms with Crippen LogP contribution in [0.3, 0.4) is 0 Å². The van der Waals surface area contributed by atoms with Gasteiger partial charge in [0.15, 0.2) is 0 Å². The Morgan fingerprint density at radius 1 is 1.22 bits per heavy atom. The minimum atomic E-state index is -2.60. The van der Waals surface area contributed by atoms with Crippen molar-refractivity contribution in [2.45, 2.75) is 4.90 Å². The predicted molar refractivity (Wildman–Crippen MR) is 51.1 cm³/mol. The number of rotatable bonds is 4. The van der Waals surface area contributed by atoms with Gasteiger partial charge in [-0.15, -0.1) is 0 Å². The average Bonchev–Trinajstić information content (AvgIpc) is 2.26. The van der Waals surface area contributed by atoms with Crippen molar-refractivity contribution >= 4 is 17.0 Å². The maximum absolute atomic E-state index is 10.9. The van der Waals surface area contributed by atoms with Crippen molar-refractivity contribution in [3.8, 4) is 11.5 Å². The third kappa shape index (κ3) is 4.50. The smallest absolute Gasteiger partial charge is 0.768 e. The van der Waals surface area contributed by atoms with Crippen LogP contribution in [0.5, 0.6) is 11.5 Å². The molecule has 1 atom stereocenters. The molecule has 1 aromatic rings. The number of methoxy groups -OCH3 is 2. The first-order chi connectivity index (χ1) is 7.52. The van der Waals surface area contributed by atoms with Gasteiger partial charge in [0.25, 0.3) is 0 Å². The van der Waals surface area contributed by atoms with E-state index in [1.807, 2.05) is 0 Å². The number of aromatic carboxylic acids is 1. The predicted octanol–water partition coefficient (Wildman–Crippen LogP) is -6.69. The molecule has 0 aromatic heterocycles. The number of benzene rings is 1. The van der Waals surface area contributed by atoms with Crippen molar-refractivity contribution in [3.63, 3.8) is 0 Å². The van der Waals surface area contributed by atoms with E-state index < -0.39 is 22.6 Å².